The predicted octanol–water partition coefficient (Wildman–Crippen LogP) is 0.725. The summed E-state index contributed by atoms with van der Waals surface area (Å²) in [5.41, 5.74) is -3.51. The van der Waals surface area contributed by atoms with Gasteiger partial charge in [-0.25, -0.2) is 9.78 Å². The fourth-order valence-electron chi connectivity index (χ4n) is 18.3. The van der Waals surface area contributed by atoms with E-state index in [4.69, 9.17) is 61.9 Å². The zero-order valence-electron chi connectivity index (χ0n) is 56.3. The van der Waals surface area contributed by atoms with Crippen molar-refractivity contribution in [2.24, 2.45) is 56.2 Å². The molecule has 5 aliphatic heterocycles. The number of fused-ring (bicyclic) bond motifs is 7. The molecule has 28 nitrogen and oxygen atoms in total. The van der Waals surface area contributed by atoms with Crippen LogP contribution < -0.4 is 0 Å². The molecule has 0 aromatic rings. The van der Waals surface area contributed by atoms with Crippen molar-refractivity contribution >= 4 is 11.9 Å². The van der Waals surface area contributed by atoms with E-state index in [2.05, 4.69) is 54.5 Å². The van der Waals surface area contributed by atoms with Gasteiger partial charge in [0.25, 0.3) is 5.79 Å². The van der Waals surface area contributed by atoms with Gasteiger partial charge in [0.2, 0.25) is 12.6 Å². The number of allylic oxidation sites excluding steroid dienone is 2. The number of rotatable bonds is 19. The first-order valence-electron chi connectivity index (χ1n) is 34.0. The van der Waals surface area contributed by atoms with Crippen LogP contribution in [0.1, 0.15) is 160 Å². The minimum atomic E-state index is -2.52. The van der Waals surface area contributed by atoms with Crippen LogP contribution >= 0.6 is 0 Å². The molecule has 13 N–H and O–H groups in total. The highest BCUT2D eigenvalue weighted by Gasteiger charge is 2.71. The van der Waals surface area contributed by atoms with Gasteiger partial charge < -0.3 is 118 Å². The summed E-state index contributed by atoms with van der Waals surface area (Å²) in [7, 11) is 0. The Bertz CT molecular complexity index is 2670. The van der Waals surface area contributed by atoms with E-state index in [9.17, 15) is 71.2 Å². The summed E-state index contributed by atoms with van der Waals surface area (Å²) in [6.07, 6.45) is -27.1. The lowest BCUT2D eigenvalue weighted by Gasteiger charge is -2.71. The Morgan fingerprint density at radius 3 is 2.03 bits per heavy atom. The summed E-state index contributed by atoms with van der Waals surface area (Å²) in [6, 6.07) is 0. The zero-order chi connectivity index (χ0) is 69.0. The summed E-state index contributed by atoms with van der Waals surface area (Å²) >= 11 is 0. The summed E-state index contributed by atoms with van der Waals surface area (Å²) in [6.45, 7) is 21.1. The minimum Gasteiger partial charge on any atom is -0.432 e. The van der Waals surface area contributed by atoms with Gasteiger partial charge in [-0.2, -0.15) is 0 Å². The van der Waals surface area contributed by atoms with Crippen molar-refractivity contribution in [3.8, 4) is 0 Å². The summed E-state index contributed by atoms with van der Waals surface area (Å²) in [5, 5.41) is 141. The van der Waals surface area contributed by atoms with Gasteiger partial charge in [0.15, 0.2) is 31.3 Å². The molecule has 0 aromatic heterocycles. The topological polar surface area (TPSA) is 417 Å². The first kappa shape index (κ1) is 74.4. The largest absolute Gasteiger partial charge is 0.432 e. The molecule has 10 aliphatic rings. The number of hydrogen-bond acceptors (Lipinski definition) is 28. The van der Waals surface area contributed by atoms with Gasteiger partial charge in [-0.15, -0.1) is 0 Å². The second-order valence-electron chi connectivity index (χ2n) is 31.4. The smallest absolute Gasteiger partial charge is 0.315 e. The number of hydrogen-bond donors (Lipinski definition) is 13. The van der Waals surface area contributed by atoms with Gasteiger partial charge in [-0.3, -0.25) is 9.59 Å². The highest BCUT2D eigenvalue weighted by molar-refractivity contribution is 5.79. The monoisotopic (exact) mass is 1350 g/mol. The van der Waals surface area contributed by atoms with Gasteiger partial charge in [0, 0.05) is 6.42 Å². The van der Waals surface area contributed by atoms with E-state index in [0.717, 1.165) is 25.7 Å². The molecule has 17 unspecified atom stereocenters. The third-order valence-corrected chi connectivity index (χ3v) is 24.7. The second-order valence-corrected chi connectivity index (χ2v) is 31.4. The van der Waals surface area contributed by atoms with Crippen LogP contribution in [0.3, 0.4) is 0 Å². The molecule has 10 rings (SSSR count). The van der Waals surface area contributed by atoms with E-state index in [1.807, 2.05) is 0 Å². The molecule has 0 radical (unpaired) electrons. The molecule has 32 atom stereocenters. The van der Waals surface area contributed by atoms with Crippen molar-refractivity contribution in [2.75, 3.05) is 26.4 Å². The molecule has 4 saturated carbocycles. The van der Waals surface area contributed by atoms with E-state index in [1.165, 1.54) is 19.4 Å². The number of carbonyl (C=O) groups excluding carboxylic acids is 2. The maximum absolute atomic E-state index is 16.2. The molecule has 540 valence electrons. The van der Waals surface area contributed by atoms with E-state index in [0.29, 0.717) is 38.5 Å². The van der Waals surface area contributed by atoms with Crippen LogP contribution in [0.5, 0.6) is 0 Å². The molecule has 0 amide bonds. The standard InChI is InChI=1S/C66H108O28/c1-13-30(2)51(78)91-66(92-55-44(74)42(72)41(71)32(4)85-55)24-31(3)84-57(50(66)89-54-45(75)43(73)47(33(5)86-54)87-53-46(76)48(37(70)27-82-53)88-56-49(77)65(81,28-68)29-83-56)90-58(80)64-22-20-59(6,7)25-35(64)34-14-15-39-61(10)18-17-40(93-94-52(79)36(69)26-67)60(8,9)38(61)16-19-63(39,12)62(34,11)21-23-64/h14,30-33,35-50,52-57,67-77,79,81H,13,15-29H2,1-12H3/t30-,31?,32?,33?,35?,36+,37?,38?,39?,40-,41+,42?,43?,44?,45?,46?,47-,48-,49?,50?,52?,53+,54-,55-,56-,57-,61-,62+,63+,64-,65?,66?/m0/s1. The number of ether oxygens (including phenoxy) is 11. The lowest BCUT2D eigenvalue weighted by atomic mass is 9.33. The Morgan fingerprint density at radius 2 is 1.36 bits per heavy atom. The summed E-state index contributed by atoms with van der Waals surface area (Å²) < 4.78 is 68.5. The number of carbonyl (C=O) groups is 2. The van der Waals surface area contributed by atoms with Crippen molar-refractivity contribution < 1.29 is 138 Å². The zero-order valence-corrected chi connectivity index (χ0v) is 56.3. The number of esters is 2. The maximum Gasteiger partial charge on any atom is 0.315 e. The first-order valence-corrected chi connectivity index (χ1v) is 34.0. The van der Waals surface area contributed by atoms with Crippen LogP contribution in [0.25, 0.3) is 0 Å². The van der Waals surface area contributed by atoms with Crippen molar-refractivity contribution in [1.29, 1.82) is 0 Å². The Labute approximate surface area is 549 Å². The van der Waals surface area contributed by atoms with Crippen LogP contribution in [-0.2, 0) is 71.5 Å². The first-order chi connectivity index (χ1) is 43.9. The fourth-order valence-corrected chi connectivity index (χ4v) is 18.3. The lowest BCUT2D eigenvalue weighted by Crippen LogP contribution is -2.69. The van der Waals surface area contributed by atoms with E-state index in [1.54, 1.807) is 20.8 Å². The van der Waals surface area contributed by atoms with Crippen molar-refractivity contribution in [3.05, 3.63) is 11.6 Å². The molecule has 5 aliphatic carbocycles. The van der Waals surface area contributed by atoms with Gasteiger partial charge >= 0.3 is 11.9 Å². The van der Waals surface area contributed by atoms with Crippen LogP contribution in [0.4, 0.5) is 0 Å². The summed E-state index contributed by atoms with van der Waals surface area (Å²) in [4.78, 5) is 41.9. The molecule has 0 spiro atoms. The quantitative estimate of drug-likeness (QED) is 0.0279. The highest BCUT2D eigenvalue weighted by Crippen LogP contribution is 2.76. The lowest BCUT2D eigenvalue weighted by molar-refractivity contribution is -0.437. The van der Waals surface area contributed by atoms with Crippen LogP contribution in [-0.4, -0.2) is 252 Å². The Kier molecular flexibility index (Phi) is 21.8. The van der Waals surface area contributed by atoms with Gasteiger partial charge in [0.1, 0.15) is 72.7 Å². The normalized spacial score (nSPS) is 50.1. The van der Waals surface area contributed by atoms with Crippen LogP contribution in [0.2, 0.25) is 0 Å². The molecule has 28 heteroatoms. The van der Waals surface area contributed by atoms with Gasteiger partial charge in [-0.05, 0) is 136 Å². The van der Waals surface area contributed by atoms with Gasteiger partial charge in [-0.1, -0.05) is 74.0 Å². The number of aliphatic hydroxyl groups is 13. The minimum absolute atomic E-state index is 0.168. The fraction of sp³-hybridized carbons (Fsp3) is 0.939. The highest BCUT2D eigenvalue weighted by atomic mass is 17.2. The van der Waals surface area contributed by atoms with Gasteiger partial charge in [0.05, 0.1) is 62.2 Å². The average Bonchev–Trinajstić information content (AvgIpc) is 0.746. The van der Waals surface area contributed by atoms with E-state index < -0.39 is 214 Å². The number of aliphatic hydroxyl groups excluding tert-OH is 12. The van der Waals surface area contributed by atoms with E-state index in [-0.39, 0.29) is 40.4 Å². The van der Waals surface area contributed by atoms with Crippen molar-refractivity contribution in [2.45, 2.75) is 307 Å². The Morgan fingerprint density at radius 1 is 0.691 bits per heavy atom. The van der Waals surface area contributed by atoms with E-state index >= 15 is 4.79 Å². The van der Waals surface area contributed by atoms with Crippen LogP contribution in [0, 0.1) is 56.2 Å². The van der Waals surface area contributed by atoms with Crippen molar-refractivity contribution in [1.82, 2.24) is 0 Å². The molecular weight excluding hydrogens is 1240 g/mol. The predicted molar refractivity (Wildman–Crippen MR) is 321 cm³/mol. The molecular formula is C66H108O28. The average molecular weight is 1350 g/mol. The van der Waals surface area contributed by atoms with Crippen molar-refractivity contribution in [3.63, 3.8) is 0 Å². The molecule has 0 aromatic carbocycles. The van der Waals surface area contributed by atoms with Crippen LogP contribution in [0.15, 0.2) is 11.6 Å². The molecule has 5 saturated heterocycles. The molecule has 5 heterocycles. The molecule has 0 bridgehead atoms. The third-order valence-electron chi connectivity index (χ3n) is 24.7. The maximum atomic E-state index is 16.2. The summed E-state index contributed by atoms with van der Waals surface area (Å²) in [5.74, 6) is -4.75. The molecule has 9 fully saturated rings. The SMILES string of the molecule is CC[C@H](C)C(=O)OC1(O[C@@H]2OC(C)[C@@H](O)C(O)C2O)CC(C)O[C@@H](OC(=O)[C@]23CCC(C)(C)CC2C2=CCC4[C@@]5(C)CC[C@H](OOC(O)[C@H](O)CO)C(C)(C)C5CC[C@@]4(C)[C@]2(C)CC3)C1O[C@@H]1OC(C)[C@H](O[C@H]2OCC(O)[C@H](O[C@@H]3OCC(O)(CO)C3O)C2O)C(O)C1O. The Hall–Kier alpha value is -2.28. The third kappa shape index (κ3) is 13.0. The second kappa shape index (κ2) is 27.6. The molecule has 94 heavy (non-hydrogen) atoms. The Balaban J connectivity index is 0.961.